The highest BCUT2D eigenvalue weighted by molar-refractivity contribution is 6.33. The van der Waals surface area contributed by atoms with Crippen LogP contribution in [0.4, 0.5) is 5.69 Å². The smallest absolute Gasteiger partial charge is 0.133 e. The van der Waals surface area contributed by atoms with Crippen LogP contribution in [0.3, 0.4) is 0 Å². The molecule has 2 aromatic rings. The van der Waals surface area contributed by atoms with Gasteiger partial charge in [-0.15, -0.1) is 0 Å². The van der Waals surface area contributed by atoms with E-state index in [1.807, 2.05) is 30.3 Å². The third-order valence-electron chi connectivity index (χ3n) is 2.95. The SMILES string of the molecule is C=CC(O)(c1ccccc1)c1ccc(Cl)c(N)c1. The predicted octanol–water partition coefficient (Wildman–Crippen LogP) is 3.34. The Bertz CT molecular complexity index is 568. The van der Waals surface area contributed by atoms with Crippen LogP contribution in [0, 0.1) is 0 Å². The first kappa shape index (κ1) is 12.7. The van der Waals surface area contributed by atoms with E-state index in [4.69, 9.17) is 17.3 Å². The average Bonchev–Trinajstić information content (AvgIpc) is 2.42. The number of halogens is 1. The van der Waals surface area contributed by atoms with Gasteiger partial charge in [0.05, 0.1) is 10.7 Å². The lowest BCUT2D eigenvalue weighted by atomic mass is 9.86. The van der Waals surface area contributed by atoms with Crippen molar-refractivity contribution in [3.05, 3.63) is 77.3 Å². The van der Waals surface area contributed by atoms with Gasteiger partial charge in [-0.2, -0.15) is 0 Å². The number of rotatable bonds is 3. The van der Waals surface area contributed by atoms with Crippen molar-refractivity contribution in [1.82, 2.24) is 0 Å². The van der Waals surface area contributed by atoms with Crippen molar-refractivity contribution in [3.8, 4) is 0 Å². The van der Waals surface area contributed by atoms with E-state index in [1.165, 1.54) is 6.08 Å². The zero-order chi connectivity index (χ0) is 13.2. The molecule has 0 amide bonds. The standard InChI is InChI=1S/C15H14ClNO/c1-2-15(18,11-6-4-3-5-7-11)12-8-9-13(16)14(17)10-12/h2-10,18H,1,17H2. The van der Waals surface area contributed by atoms with Crippen molar-refractivity contribution in [2.75, 3.05) is 5.73 Å². The van der Waals surface area contributed by atoms with Gasteiger partial charge in [0.2, 0.25) is 0 Å². The van der Waals surface area contributed by atoms with Crippen molar-refractivity contribution in [3.63, 3.8) is 0 Å². The molecule has 0 radical (unpaired) electrons. The van der Waals surface area contributed by atoms with Gasteiger partial charge in [0.25, 0.3) is 0 Å². The second-order valence-electron chi connectivity index (χ2n) is 4.07. The Balaban J connectivity index is 2.57. The zero-order valence-corrected chi connectivity index (χ0v) is 10.6. The van der Waals surface area contributed by atoms with E-state index in [0.717, 1.165) is 5.56 Å². The highest BCUT2D eigenvalue weighted by atomic mass is 35.5. The molecule has 0 heterocycles. The molecule has 1 unspecified atom stereocenters. The highest BCUT2D eigenvalue weighted by Gasteiger charge is 2.28. The average molecular weight is 260 g/mol. The maximum Gasteiger partial charge on any atom is 0.133 e. The number of benzene rings is 2. The number of nitrogen functional groups attached to an aromatic ring is 1. The van der Waals surface area contributed by atoms with E-state index in [9.17, 15) is 5.11 Å². The summed E-state index contributed by atoms with van der Waals surface area (Å²) >= 11 is 5.89. The molecule has 0 saturated carbocycles. The largest absolute Gasteiger partial charge is 0.398 e. The van der Waals surface area contributed by atoms with Crippen LogP contribution < -0.4 is 5.73 Å². The van der Waals surface area contributed by atoms with Crippen LogP contribution in [0.5, 0.6) is 0 Å². The van der Waals surface area contributed by atoms with E-state index in [-0.39, 0.29) is 0 Å². The van der Waals surface area contributed by atoms with E-state index in [1.54, 1.807) is 18.2 Å². The Kier molecular flexibility index (Phi) is 3.41. The number of aliphatic hydroxyl groups is 1. The molecule has 0 fully saturated rings. The lowest BCUT2D eigenvalue weighted by Gasteiger charge is -2.26. The predicted molar refractivity (Wildman–Crippen MR) is 75.5 cm³/mol. The van der Waals surface area contributed by atoms with Crippen LogP contribution in [0.25, 0.3) is 0 Å². The maximum absolute atomic E-state index is 10.8. The molecule has 92 valence electrons. The summed E-state index contributed by atoms with van der Waals surface area (Å²) in [6, 6.07) is 14.4. The van der Waals surface area contributed by atoms with Gasteiger partial charge in [0.1, 0.15) is 5.60 Å². The highest BCUT2D eigenvalue weighted by Crippen LogP contribution is 2.33. The van der Waals surface area contributed by atoms with Crippen molar-refractivity contribution >= 4 is 17.3 Å². The molecule has 3 N–H and O–H groups in total. The molecular formula is C15H14ClNO. The zero-order valence-electron chi connectivity index (χ0n) is 9.81. The van der Waals surface area contributed by atoms with Crippen molar-refractivity contribution in [2.45, 2.75) is 5.60 Å². The number of anilines is 1. The van der Waals surface area contributed by atoms with Crippen molar-refractivity contribution in [1.29, 1.82) is 0 Å². The molecule has 3 heteroatoms. The lowest BCUT2D eigenvalue weighted by molar-refractivity contribution is 0.135. The minimum Gasteiger partial charge on any atom is -0.398 e. The molecule has 0 aliphatic carbocycles. The summed E-state index contributed by atoms with van der Waals surface area (Å²) in [4.78, 5) is 0. The van der Waals surface area contributed by atoms with E-state index in [2.05, 4.69) is 6.58 Å². The normalized spacial score (nSPS) is 13.9. The summed E-state index contributed by atoms with van der Waals surface area (Å²) in [6.07, 6.45) is 1.49. The second-order valence-corrected chi connectivity index (χ2v) is 4.48. The van der Waals surface area contributed by atoms with Gasteiger partial charge in [0, 0.05) is 0 Å². The van der Waals surface area contributed by atoms with Crippen LogP contribution in [0.1, 0.15) is 11.1 Å². The molecule has 0 bridgehead atoms. The second kappa shape index (κ2) is 4.84. The van der Waals surface area contributed by atoms with Gasteiger partial charge in [-0.3, -0.25) is 0 Å². The molecule has 2 nitrogen and oxygen atoms in total. The number of hydrogen-bond acceptors (Lipinski definition) is 2. The van der Waals surface area contributed by atoms with Gasteiger partial charge in [-0.05, 0) is 23.3 Å². The summed E-state index contributed by atoms with van der Waals surface area (Å²) < 4.78 is 0. The fourth-order valence-electron chi connectivity index (χ4n) is 1.88. The van der Waals surface area contributed by atoms with Gasteiger partial charge in [-0.1, -0.05) is 60.7 Å². The molecule has 1 atom stereocenters. The summed E-state index contributed by atoms with van der Waals surface area (Å²) in [7, 11) is 0. The van der Waals surface area contributed by atoms with Gasteiger partial charge >= 0.3 is 0 Å². The third-order valence-corrected chi connectivity index (χ3v) is 3.29. The van der Waals surface area contributed by atoms with E-state index < -0.39 is 5.60 Å². The first-order valence-corrected chi connectivity index (χ1v) is 5.92. The van der Waals surface area contributed by atoms with Crippen molar-refractivity contribution < 1.29 is 5.11 Å². The van der Waals surface area contributed by atoms with E-state index in [0.29, 0.717) is 16.3 Å². The third kappa shape index (κ3) is 2.13. The topological polar surface area (TPSA) is 46.2 Å². The Hall–Kier alpha value is -1.77. The molecule has 2 rings (SSSR count). The summed E-state index contributed by atoms with van der Waals surface area (Å²) in [5.74, 6) is 0. The summed E-state index contributed by atoms with van der Waals surface area (Å²) in [6.45, 7) is 3.71. The molecule has 0 spiro atoms. The van der Waals surface area contributed by atoms with Gasteiger partial charge in [-0.25, -0.2) is 0 Å². The minimum atomic E-state index is -1.26. The Morgan fingerprint density at radius 1 is 1.11 bits per heavy atom. The molecule has 0 aliphatic heterocycles. The Morgan fingerprint density at radius 2 is 1.78 bits per heavy atom. The van der Waals surface area contributed by atoms with Crippen molar-refractivity contribution in [2.24, 2.45) is 0 Å². The summed E-state index contributed by atoms with van der Waals surface area (Å²) in [5, 5.41) is 11.2. The van der Waals surface area contributed by atoms with Gasteiger partial charge < -0.3 is 10.8 Å². The van der Waals surface area contributed by atoms with E-state index >= 15 is 0 Å². The Morgan fingerprint density at radius 3 is 2.33 bits per heavy atom. The first-order valence-electron chi connectivity index (χ1n) is 5.55. The fraction of sp³-hybridized carbons (Fsp3) is 0.0667. The number of hydrogen-bond donors (Lipinski definition) is 2. The van der Waals surface area contributed by atoms with Crippen LogP contribution in [0.2, 0.25) is 5.02 Å². The summed E-state index contributed by atoms with van der Waals surface area (Å²) in [5.41, 5.74) is 6.33. The molecule has 0 aromatic heterocycles. The lowest BCUT2D eigenvalue weighted by Crippen LogP contribution is -2.24. The first-order chi connectivity index (χ1) is 8.58. The minimum absolute atomic E-state index is 0.436. The molecule has 0 aliphatic rings. The molecule has 0 saturated heterocycles. The van der Waals surface area contributed by atoms with Crippen LogP contribution in [0.15, 0.2) is 61.2 Å². The maximum atomic E-state index is 10.8. The van der Waals surface area contributed by atoms with Crippen LogP contribution >= 0.6 is 11.6 Å². The molecule has 2 aromatic carbocycles. The quantitative estimate of drug-likeness (QED) is 0.656. The van der Waals surface area contributed by atoms with Crippen LogP contribution in [-0.2, 0) is 5.60 Å². The monoisotopic (exact) mass is 259 g/mol. The van der Waals surface area contributed by atoms with Crippen LogP contribution in [-0.4, -0.2) is 5.11 Å². The Labute approximate surface area is 111 Å². The van der Waals surface area contributed by atoms with Gasteiger partial charge in [0.15, 0.2) is 0 Å². The molecular weight excluding hydrogens is 246 g/mol. The fourth-order valence-corrected chi connectivity index (χ4v) is 1.99. The number of nitrogens with two attached hydrogens (primary N) is 1. The molecule has 18 heavy (non-hydrogen) atoms.